The molecule has 2 rings (SSSR count). The molecule has 0 spiro atoms. The zero-order valence-corrected chi connectivity index (χ0v) is 24.8. The number of amides is 3. The molecule has 0 saturated heterocycles. The Morgan fingerprint density at radius 3 is 1.90 bits per heavy atom. The zero-order valence-electron chi connectivity index (χ0n) is 24.8. The molecule has 0 aliphatic carbocycles. The maximum atomic E-state index is 12.3. The summed E-state index contributed by atoms with van der Waals surface area (Å²) in [6.45, 7) is 10.1. The Bertz CT molecular complexity index is 1040. The van der Waals surface area contributed by atoms with E-state index >= 15 is 0 Å². The van der Waals surface area contributed by atoms with Gasteiger partial charge in [0.15, 0.2) is 0 Å². The smallest absolute Gasteiger partial charge is 0.338 e. The van der Waals surface area contributed by atoms with Crippen molar-refractivity contribution in [1.29, 1.82) is 0 Å². The van der Waals surface area contributed by atoms with Gasteiger partial charge in [-0.25, -0.2) is 4.79 Å². The third kappa shape index (κ3) is 12.2. The van der Waals surface area contributed by atoms with E-state index in [1.807, 2.05) is 13.8 Å². The maximum Gasteiger partial charge on any atom is 0.338 e. The van der Waals surface area contributed by atoms with Crippen molar-refractivity contribution in [2.24, 2.45) is 5.41 Å². The largest absolute Gasteiger partial charge is 0.492 e. The number of imide groups is 1. The molecule has 14 nitrogen and oxygen atoms in total. The van der Waals surface area contributed by atoms with Crippen molar-refractivity contribution in [1.82, 2.24) is 14.9 Å². The van der Waals surface area contributed by atoms with Crippen LogP contribution in [-0.4, -0.2) is 108 Å². The van der Waals surface area contributed by atoms with Gasteiger partial charge in [0.05, 0.1) is 50.7 Å². The Morgan fingerprint density at radius 2 is 1.33 bits per heavy atom. The lowest BCUT2D eigenvalue weighted by atomic mass is 9.90. The average Bonchev–Trinajstić information content (AvgIpc) is 3.42. The molecule has 236 valence electrons. The Morgan fingerprint density at radius 1 is 0.810 bits per heavy atom. The summed E-state index contributed by atoms with van der Waals surface area (Å²) in [5.74, 6) is -2.44. The number of nitrogens with one attached hydrogen (secondary N) is 1. The fraction of sp³-hybridized carbons (Fsp3) is 0.643. The van der Waals surface area contributed by atoms with E-state index in [1.54, 1.807) is 13.8 Å². The van der Waals surface area contributed by atoms with Gasteiger partial charge >= 0.3 is 5.97 Å². The first-order chi connectivity index (χ1) is 19.8. The first-order valence-electron chi connectivity index (χ1n) is 13.8. The van der Waals surface area contributed by atoms with Crippen LogP contribution in [0.5, 0.6) is 11.8 Å². The van der Waals surface area contributed by atoms with Gasteiger partial charge in [-0.3, -0.25) is 19.3 Å². The van der Waals surface area contributed by atoms with E-state index in [1.165, 1.54) is 24.3 Å². The fourth-order valence-corrected chi connectivity index (χ4v) is 3.58. The minimum Gasteiger partial charge on any atom is -0.492 e. The number of aromatic nitrogens is 1. The Kier molecular flexibility index (Phi) is 13.9. The summed E-state index contributed by atoms with van der Waals surface area (Å²) in [7, 11) is 0. The van der Waals surface area contributed by atoms with Gasteiger partial charge in [0, 0.05) is 50.4 Å². The quantitative estimate of drug-likeness (QED) is 0.136. The molecule has 0 bridgehead atoms. The van der Waals surface area contributed by atoms with Crippen molar-refractivity contribution in [3.63, 3.8) is 0 Å². The molecule has 0 fully saturated rings. The van der Waals surface area contributed by atoms with E-state index < -0.39 is 28.8 Å². The number of hydrogen-bond acceptors (Lipinski definition) is 11. The van der Waals surface area contributed by atoms with Gasteiger partial charge < -0.3 is 39.3 Å². The van der Waals surface area contributed by atoms with E-state index in [0.29, 0.717) is 70.4 Å². The first kappa shape index (κ1) is 34.7. The summed E-state index contributed by atoms with van der Waals surface area (Å²) in [4.78, 5) is 53.4. The van der Waals surface area contributed by atoms with Gasteiger partial charge in [-0.15, -0.1) is 4.73 Å². The third-order valence-electron chi connectivity index (χ3n) is 6.37. The van der Waals surface area contributed by atoms with Crippen molar-refractivity contribution < 1.29 is 53.2 Å². The summed E-state index contributed by atoms with van der Waals surface area (Å²) < 4.78 is 23.0. The monoisotopic (exact) mass is 597 g/mol. The second-order valence-electron chi connectivity index (χ2n) is 10.8. The summed E-state index contributed by atoms with van der Waals surface area (Å²) in [5.41, 5.74) is -1.38. The minimum atomic E-state index is -0.904. The second-order valence-corrected chi connectivity index (χ2v) is 10.8. The van der Waals surface area contributed by atoms with Gasteiger partial charge in [-0.1, -0.05) is 0 Å². The zero-order chi connectivity index (χ0) is 31.2. The number of carbonyl (C=O) groups is 4. The van der Waals surface area contributed by atoms with Crippen LogP contribution < -0.4 is 10.2 Å². The van der Waals surface area contributed by atoms with E-state index in [9.17, 15) is 29.4 Å². The number of carbonyl (C=O) groups excluding carboxylic acids is 4. The predicted octanol–water partition coefficient (Wildman–Crippen LogP) is 0.937. The van der Waals surface area contributed by atoms with Crippen molar-refractivity contribution in [3.8, 4) is 11.8 Å². The molecule has 42 heavy (non-hydrogen) atoms. The molecule has 14 heteroatoms. The Balaban J connectivity index is 1.42. The van der Waals surface area contributed by atoms with Crippen molar-refractivity contribution in [2.75, 3.05) is 59.3 Å². The number of rotatable bonds is 21. The lowest BCUT2D eigenvalue weighted by molar-refractivity contribution is -0.157. The second kappa shape index (κ2) is 16.9. The van der Waals surface area contributed by atoms with Gasteiger partial charge in [-0.05, 0) is 40.5 Å². The molecule has 1 aliphatic heterocycles. The molecule has 3 amide bonds. The van der Waals surface area contributed by atoms with Crippen molar-refractivity contribution >= 4 is 23.7 Å². The molecule has 0 unspecified atom stereocenters. The average molecular weight is 598 g/mol. The van der Waals surface area contributed by atoms with Crippen LogP contribution in [0.4, 0.5) is 0 Å². The molecule has 3 N–H and O–H groups in total. The summed E-state index contributed by atoms with van der Waals surface area (Å²) in [6, 6.07) is 2.42. The molecule has 2 heterocycles. The van der Waals surface area contributed by atoms with Gasteiger partial charge in [-0.2, -0.15) is 0 Å². The lowest BCUT2D eigenvalue weighted by Gasteiger charge is -2.25. The van der Waals surface area contributed by atoms with Crippen LogP contribution in [0, 0.1) is 5.41 Å². The molecule has 0 saturated carbocycles. The van der Waals surface area contributed by atoms with E-state index in [4.69, 9.17) is 23.8 Å². The minimum absolute atomic E-state index is 0.0475. The first-order valence-corrected chi connectivity index (χ1v) is 13.8. The molecular weight excluding hydrogens is 554 g/mol. The molecule has 0 atom stereocenters. The lowest BCUT2D eigenvalue weighted by Crippen LogP contribution is -2.37. The summed E-state index contributed by atoms with van der Waals surface area (Å²) in [6.07, 6.45) is 3.37. The van der Waals surface area contributed by atoms with E-state index in [2.05, 4.69) is 5.32 Å². The highest BCUT2D eigenvalue weighted by atomic mass is 16.7. The molecule has 0 radical (unpaired) electrons. The highest BCUT2D eigenvalue weighted by molar-refractivity contribution is 6.13. The number of ether oxygens (including phenoxy) is 4. The van der Waals surface area contributed by atoms with Gasteiger partial charge in [0.2, 0.25) is 17.7 Å². The highest BCUT2D eigenvalue weighted by Gasteiger charge is 2.31. The number of aromatic hydroxyl groups is 2. The van der Waals surface area contributed by atoms with Gasteiger partial charge in [0.1, 0.15) is 0 Å². The molecular formula is C28H43N3O11. The van der Waals surface area contributed by atoms with Crippen LogP contribution in [0.15, 0.2) is 24.3 Å². The maximum absolute atomic E-state index is 12.3. The summed E-state index contributed by atoms with van der Waals surface area (Å²) >= 11 is 0. The molecule has 1 aliphatic rings. The van der Waals surface area contributed by atoms with E-state index in [-0.39, 0.29) is 30.6 Å². The standard InChI is InChI=1S/C28H43N3O11/c1-27(2,26(37)42-31-24(35)7-8-25(31)36)11-14-38-15-16-39-17-18-40-19-20-41-28(3,4)10-12-29-21(32)9-13-30-22(33)5-6-23(30)34/h5-8,35-36H,9-20H2,1-4H3,(H,29,32). The molecule has 1 aromatic heterocycles. The number of nitrogens with zero attached hydrogens (tertiary/aromatic N) is 2. The normalized spacial score (nSPS) is 13.7. The predicted molar refractivity (Wildman–Crippen MR) is 148 cm³/mol. The van der Waals surface area contributed by atoms with Crippen LogP contribution in [0.1, 0.15) is 47.0 Å². The Hall–Kier alpha value is -3.46. The highest BCUT2D eigenvalue weighted by Crippen LogP contribution is 2.24. The van der Waals surface area contributed by atoms with Crippen LogP contribution in [0.3, 0.4) is 0 Å². The van der Waals surface area contributed by atoms with Crippen molar-refractivity contribution in [2.45, 2.75) is 52.6 Å². The topological polar surface area (TPSA) is 175 Å². The van der Waals surface area contributed by atoms with Crippen LogP contribution in [0.25, 0.3) is 0 Å². The SMILES string of the molecule is CC(C)(CCNC(=O)CCN1C(=O)C=CC1=O)OCCOCCOCCOCCC(C)(C)C(=O)On1c(O)ccc1O. The summed E-state index contributed by atoms with van der Waals surface area (Å²) in [5, 5.41) is 22.0. The van der Waals surface area contributed by atoms with Crippen molar-refractivity contribution in [3.05, 3.63) is 24.3 Å². The van der Waals surface area contributed by atoms with Crippen LogP contribution >= 0.6 is 0 Å². The van der Waals surface area contributed by atoms with Crippen LogP contribution in [0.2, 0.25) is 0 Å². The van der Waals surface area contributed by atoms with Crippen LogP contribution in [-0.2, 0) is 38.1 Å². The fourth-order valence-electron chi connectivity index (χ4n) is 3.58. The molecule has 1 aromatic rings. The van der Waals surface area contributed by atoms with Gasteiger partial charge in [0.25, 0.3) is 11.8 Å². The number of hydrogen-bond donors (Lipinski definition) is 3. The third-order valence-corrected chi connectivity index (χ3v) is 6.37. The van der Waals surface area contributed by atoms with E-state index in [0.717, 1.165) is 4.90 Å². The Labute approximate surface area is 245 Å². The molecule has 0 aromatic carbocycles.